The monoisotopic (exact) mass is 349 g/mol. The van der Waals surface area contributed by atoms with Crippen LogP contribution in [0.1, 0.15) is 50.7 Å². The summed E-state index contributed by atoms with van der Waals surface area (Å²) in [5.41, 5.74) is 1.83. The minimum Gasteiger partial charge on any atom is -0.480 e. The van der Waals surface area contributed by atoms with E-state index in [0.717, 1.165) is 30.5 Å². The van der Waals surface area contributed by atoms with Crippen molar-refractivity contribution in [2.75, 3.05) is 13.1 Å². The van der Waals surface area contributed by atoms with Crippen molar-refractivity contribution in [1.29, 1.82) is 0 Å². The highest BCUT2D eigenvalue weighted by Gasteiger charge is 2.33. The molecule has 1 fully saturated rings. The number of hydrogen-bond donors (Lipinski definition) is 2. The first-order chi connectivity index (χ1) is 11.8. The lowest BCUT2D eigenvalue weighted by molar-refractivity contribution is -0.385. The Morgan fingerprint density at radius 1 is 1.44 bits per heavy atom. The molecule has 1 aromatic carbocycles. The third-order valence-electron chi connectivity index (χ3n) is 4.88. The first-order valence-corrected chi connectivity index (χ1v) is 8.78. The number of nitrogens with one attached hydrogen (secondary N) is 1. The molecule has 25 heavy (non-hydrogen) atoms. The Morgan fingerprint density at radius 3 is 2.64 bits per heavy atom. The number of nitro benzene ring substituents is 1. The zero-order chi connectivity index (χ0) is 18.6. The maximum Gasteiger partial charge on any atom is 0.317 e. The van der Waals surface area contributed by atoms with E-state index in [1.807, 2.05) is 37.8 Å². The summed E-state index contributed by atoms with van der Waals surface area (Å²) in [6.07, 6.45) is 1.82. The Balaban J connectivity index is 1.88. The summed E-state index contributed by atoms with van der Waals surface area (Å²) in [5.74, 6) is -0.681. The molecule has 0 bridgehead atoms. The molecule has 0 amide bonds. The molecule has 0 unspecified atom stereocenters. The van der Waals surface area contributed by atoms with Gasteiger partial charge in [0.05, 0.1) is 11.5 Å². The molecular weight excluding hydrogens is 322 g/mol. The Labute approximate surface area is 148 Å². The van der Waals surface area contributed by atoms with Gasteiger partial charge in [0.25, 0.3) is 5.69 Å². The maximum atomic E-state index is 11.3. The Kier molecular flexibility index (Phi) is 6.50. The fraction of sp³-hybridized carbons (Fsp3) is 0.611. The van der Waals surface area contributed by atoms with Gasteiger partial charge in [0.1, 0.15) is 0 Å². The van der Waals surface area contributed by atoms with Gasteiger partial charge in [0, 0.05) is 30.3 Å². The average molecular weight is 349 g/mol. The third kappa shape index (κ3) is 4.99. The summed E-state index contributed by atoms with van der Waals surface area (Å²) in [5, 5.41) is 23.6. The highest BCUT2D eigenvalue weighted by atomic mass is 16.6. The van der Waals surface area contributed by atoms with Gasteiger partial charge in [-0.1, -0.05) is 32.9 Å². The zero-order valence-electron chi connectivity index (χ0n) is 15.1. The summed E-state index contributed by atoms with van der Waals surface area (Å²) in [6, 6.07) is 6.07. The molecule has 0 aliphatic heterocycles. The molecule has 7 heteroatoms. The van der Waals surface area contributed by atoms with E-state index in [4.69, 9.17) is 5.11 Å². The second kappa shape index (κ2) is 8.40. The number of carbonyl (C=O) groups is 1. The molecule has 138 valence electrons. The number of hydrogen-bond acceptors (Lipinski definition) is 5. The molecule has 2 rings (SSSR count). The van der Waals surface area contributed by atoms with E-state index >= 15 is 0 Å². The minimum absolute atomic E-state index is 0.0801. The smallest absolute Gasteiger partial charge is 0.317 e. The summed E-state index contributed by atoms with van der Waals surface area (Å²) in [7, 11) is 0. The predicted octanol–water partition coefficient (Wildman–Crippen LogP) is 2.75. The van der Waals surface area contributed by atoms with Crippen LogP contribution in [0.3, 0.4) is 0 Å². The predicted molar refractivity (Wildman–Crippen MR) is 95.7 cm³/mol. The van der Waals surface area contributed by atoms with Gasteiger partial charge in [-0.15, -0.1) is 0 Å². The molecule has 0 atom stereocenters. The van der Waals surface area contributed by atoms with E-state index in [9.17, 15) is 14.9 Å². The lowest BCUT2D eigenvalue weighted by atomic mass is 9.85. The van der Waals surface area contributed by atoms with Crippen LogP contribution >= 0.6 is 0 Å². The fourth-order valence-electron chi connectivity index (χ4n) is 3.33. The van der Waals surface area contributed by atoms with E-state index in [2.05, 4.69) is 5.32 Å². The maximum absolute atomic E-state index is 11.3. The summed E-state index contributed by atoms with van der Waals surface area (Å²) in [6.45, 7) is 7.26. The second-order valence-electron chi connectivity index (χ2n) is 6.96. The van der Waals surface area contributed by atoms with Gasteiger partial charge in [0.15, 0.2) is 0 Å². The molecule has 0 radical (unpaired) electrons. The van der Waals surface area contributed by atoms with E-state index in [1.54, 1.807) is 6.07 Å². The van der Waals surface area contributed by atoms with Gasteiger partial charge < -0.3 is 10.4 Å². The normalized spacial score (nSPS) is 19.9. The van der Waals surface area contributed by atoms with Crippen molar-refractivity contribution >= 4 is 11.7 Å². The lowest BCUT2D eigenvalue weighted by Gasteiger charge is -2.42. The number of nitro groups is 1. The van der Waals surface area contributed by atoms with Crippen LogP contribution in [0.25, 0.3) is 0 Å². The van der Waals surface area contributed by atoms with Gasteiger partial charge in [-0.05, 0) is 30.9 Å². The summed E-state index contributed by atoms with van der Waals surface area (Å²) < 4.78 is 0. The van der Waals surface area contributed by atoms with Crippen molar-refractivity contribution in [3.63, 3.8) is 0 Å². The minimum atomic E-state index is -0.796. The number of carboxylic acid groups (broad SMARTS) is 1. The quantitative estimate of drug-likeness (QED) is 0.526. The molecule has 0 spiro atoms. The Bertz CT molecular complexity index is 627. The lowest BCUT2D eigenvalue weighted by Crippen LogP contribution is -2.53. The first-order valence-electron chi connectivity index (χ1n) is 8.78. The largest absolute Gasteiger partial charge is 0.480 e. The van der Waals surface area contributed by atoms with Crippen molar-refractivity contribution in [3.8, 4) is 0 Å². The van der Waals surface area contributed by atoms with Crippen LogP contribution in [0.5, 0.6) is 0 Å². The molecular formula is C18H27N3O4. The van der Waals surface area contributed by atoms with Crippen molar-refractivity contribution in [2.24, 2.45) is 0 Å². The number of nitrogens with zero attached hydrogens (tertiary/aromatic N) is 2. The van der Waals surface area contributed by atoms with E-state index in [0.29, 0.717) is 18.6 Å². The van der Waals surface area contributed by atoms with Crippen LogP contribution in [0.2, 0.25) is 0 Å². The van der Waals surface area contributed by atoms with Crippen molar-refractivity contribution < 1.29 is 14.8 Å². The highest BCUT2D eigenvalue weighted by Crippen LogP contribution is 2.28. The van der Waals surface area contributed by atoms with E-state index in [-0.39, 0.29) is 23.1 Å². The number of carboxylic acids is 1. The number of likely N-dealkylation sites (N-methyl/N-ethyl adjacent to an activating group) is 1. The van der Waals surface area contributed by atoms with E-state index in [1.165, 1.54) is 0 Å². The molecule has 2 N–H and O–H groups in total. The van der Waals surface area contributed by atoms with Crippen LogP contribution < -0.4 is 5.32 Å². The Morgan fingerprint density at radius 2 is 2.12 bits per heavy atom. The van der Waals surface area contributed by atoms with Crippen LogP contribution in [0.4, 0.5) is 5.69 Å². The van der Waals surface area contributed by atoms with Crippen molar-refractivity contribution in [3.05, 3.63) is 39.4 Å². The van der Waals surface area contributed by atoms with E-state index < -0.39 is 5.97 Å². The third-order valence-corrected chi connectivity index (χ3v) is 4.88. The number of aliphatic carboxylic acids is 1. The molecule has 1 aromatic rings. The molecule has 1 aliphatic carbocycles. The molecule has 7 nitrogen and oxygen atoms in total. The molecule has 1 aliphatic rings. The van der Waals surface area contributed by atoms with Crippen molar-refractivity contribution in [2.45, 2.75) is 58.2 Å². The zero-order valence-corrected chi connectivity index (χ0v) is 15.1. The first kappa shape index (κ1) is 19.3. The topological polar surface area (TPSA) is 95.7 Å². The standard InChI is InChI=1S/C18H27N3O4/c1-4-20(11-18(22)23)15-8-14(9-15)19-10-13-5-6-16(12(2)3)17(7-13)21(24)25/h5-7,12,14-15,19H,4,8-11H2,1-3H3,(H,22,23). The SMILES string of the molecule is CCN(CC(=O)O)C1CC(NCc2ccc(C(C)C)c([N+](=O)[O-])c2)C1. The number of benzene rings is 1. The summed E-state index contributed by atoms with van der Waals surface area (Å²) >= 11 is 0. The van der Waals surface area contributed by atoms with Gasteiger partial charge in [0.2, 0.25) is 0 Å². The van der Waals surface area contributed by atoms with Gasteiger partial charge in [-0.25, -0.2) is 0 Å². The average Bonchev–Trinajstić information content (AvgIpc) is 2.51. The molecule has 0 aromatic heterocycles. The van der Waals surface area contributed by atoms with Gasteiger partial charge in [-0.2, -0.15) is 0 Å². The molecule has 0 heterocycles. The van der Waals surface area contributed by atoms with Crippen molar-refractivity contribution in [1.82, 2.24) is 10.2 Å². The molecule has 1 saturated carbocycles. The van der Waals surface area contributed by atoms with Crippen LogP contribution in [-0.4, -0.2) is 46.1 Å². The highest BCUT2D eigenvalue weighted by molar-refractivity contribution is 5.69. The molecule has 0 saturated heterocycles. The summed E-state index contributed by atoms with van der Waals surface area (Å²) in [4.78, 5) is 23.8. The van der Waals surface area contributed by atoms with Crippen LogP contribution in [0.15, 0.2) is 18.2 Å². The van der Waals surface area contributed by atoms with Crippen LogP contribution in [-0.2, 0) is 11.3 Å². The second-order valence-corrected chi connectivity index (χ2v) is 6.96. The Hall–Kier alpha value is -1.99. The van der Waals surface area contributed by atoms with Crippen LogP contribution in [0, 0.1) is 10.1 Å². The fourth-order valence-corrected chi connectivity index (χ4v) is 3.33. The van der Waals surface area contributed by atoms with Gasteiger partial charge >= 0.3 is 5.97 Å². The number of rotatable bonds is 9. The van der Waals surface area contributed by atoms with Gasteiger partial charge in [-0.3, -0.25) is 19.8 Å².